The maximum atomic E-state index is 4.63. The molecule has 4 heterocycles. The van der Waals surface area contributed by atoms with Gasteiger partial charge in [0.15, 0.2) is 0 Å². The first kappa shape index (κ1) is 24.0. The first-order valence-corrected chi connectivity index (χ1v) is 13.2. The van der Waals surface area contributed by atoms with Crippen LogP contribution in [0.2, 0.25) is 0 Å². The van der Waals surface area contributed by atoms with E-state index in [0.717, 1.165) is 66.9 Å². The van der Waals surface area contributed by atoms with Crippen LogP contribution in [0.25, 0.3) is 27.7 Å². The fourth-order valence-corrected chi connectivity index (χ4v) is 5.58. The molecule has 6 heteroatoms. The third-order valence-corrected chi connectivity index (χ3v) is 7.25. The van der Waals surface area contributed by atoms with Crippen LogP contribution in [0.15, 0.2) is 43.2 Å². The number of likely N-dealkylation sites (tertiary alicyclic amines) is 2. The Labute approximate surface area is 209 Å². The number of piperidine rings is 1. The van der Waals surface area contributed by atoms with E-state index in [0.29, 0.717) is 11.5 Å². The molecule has 2 aromatic heterocycles. The molecular formula is C29H40N6. The summed E-state index contributed by atoms with van der Waals surface area (Å²) in [4.78, 5) is 9.65. The number of nitrogens with zero attached hydrogens (tertiary/aromatic N) is 4. The van der Waals surface area contributed by atoms with Crippen LogP contribution in [0.4, 0.5) is 0 Å². The second-order valence-corrected chi connectivity index (χ2v) is 11.6. The number of rotatable bonds is 7. The molecule has 0 saturated carbocycles. The van der Waals surface area contributed by atoms with Gasteiger partial charge < -0.3 is 10.2 Å². The predicted molar refractivity (Wildman–Crippen MR) is 145 cm³/mol. The average molecular weight is 473 g/mol. The number of hydrogen-bond acceptors (Lipinski definition) is 5. The van der Waals surface area contributed by atoms with Gasteiger partial charge in [-0.25, -0.2) is 0 Å². The third-order valence-electron chi connectivity index (χ3n) is 7.25. The number of hydrogen-bond donors (Lipinski definition) is 2. The van der Waals surface area contributed by atoms with Crippen molar-refractivity contribution in [1.29, 1.82) is 0 Å². The van der Waals surface area contributed by atoms with E-state index >= 15 is 0 Å². The van der Waals surface area contributed by atoms with E-state index in [1.165, 1.54) is 37.1 Å². The molecular weight excluding hydrogens is 432 g/mol. The summed E-state index contributed by atoms with van der Waals surface area (Å²) >= 11 is 0. The molecule has 186 valence electrons. The number of pyridine rings is 1. The molecule has 0 spiro atoms. The maximum Gasteiger partial charge on any atom is 0.115 e. The van der Waals surface area contributed by atoms with E-state index in [4.69, 9.17) is 0 Å². The molecule has 0 unspecified atom stereocenters. The summed E-state index contributed by atoms with van der Waals surface area (Å²) in [5.41, 5.74) is 6.80. The molecule has 35 heavy (non-hydrogen) atoms. The van der Waals surface area contributed by atoms with Gasteiger partial charge in [-0.1, -0.05) is 33.4 Å². The maximum absolute atomic E-state index is 4.63. The standard InChI is InChI=1S/C29H40N6/c1-21(31-25-9-13-35(14-10-25)20-29(2,3)4)28-26-16-23(7-8-27(26)32-33-28)24-15-22(17-30-18-24)19-34-11-5-6-12-34/h7-8,15-18,25,31H,1,5-6,9-14,19-20H2,2-4H3,(H,32,33). The van der Waals surface area contributed by atoms with Crippen LogP contribution in [-0.2, 0) is 6.54 Å². The van der Waals surface area contributed by atoms with Crippen molar-refractivity contribution in [2.24, 2.45) is 5.41 Å². The number of benzene rings is 1. The van der Waals surface area contributed by atoms with E-state index in [1.54, 1.807) is 0 Å². The van der Waals surface area contributed by atoms with Crippen molar-refractivity contribution >= 4 is 16.6 Å². The molecule has 2 N–H and O–H groups in total. The molecule has 6 nitrogen and oxygen atoms in total. The molecule has 3 aromatic rings. The second kappa shape index (κ2) is 10.1. The van der Waals surface area contributed by atoms with E-state index in [-0.39, 0.29) is 0 Å². The Balaban J connectivity index is 1.28. The van der Waals surface area contributed by atoms with Gasteiger partial charge in [0, 0.05) is 55.6 Å². The Bertz CT molecular complexity index is 1160. The first-order valence-electron chi connectivity index (χ1n) is 13.2. The number of nitrogens with one attached hydrogen (secondary N) is 2. The molecule has 2 saturated heterocycles. The van der Waals surface area contributed by atoms with Crippen molar-refractivity contribution in [2.45, 2.75) is 59.0 Å². The predicted octanol–water partition coefficient (Wildman–Crippen LogP) is 5.29. The average Bonchev–Trinajstić information content (AvgIpc) is 3.49. The fourth-order valence-electron chi connectivity index (χ4n) is 5.58. The van der Waals surface area contributed by atoms with Gasteiger partial charge in [0.2, 0.25) is 0 Å². The lowest BCUT2D eigenvalue weighted by atomic mass is 9.94. The minimum absolute atomic E-state index is 0.346. The van der Waals surface area contributed by atoms with Crippen LogP contribution < -0.4 is 5.32 Å². The molecule has 5 rings (SSSR count). The number of fused-ring (bicyclic) bond motifs is 1. The van der Waals surface area contributed by atoms with Crippen molar-refractivity contribution in [3.63, 3.8) is 0 Å². The summed E-state index contributed by atoms with van der Waals surface area (Å²) in [6, 6.07) is 9.23. The quantitative estimate of drug-likeness (QED) is 0.489. The Morgan fingerprint density at radius 2 is 1.80 bits per heavy atom. The second-order valence-electron chi connectivity index (χ2n) is 11.6. The number of aromatic nitrogens is 3. The summed E-state index contributed by atoms with van der Waals surface area (Å²) in [6.45, 7) is 18.1. The van der Waals surface area contributed by atoms with Crippen LogP contribution in [0.1, 0.15) is 57.7 Å². The topological polar surface area (TPSA) is 60.1 Å². The highest BCUT2D eigenvalue weighted by atomic mass is 15.2. The lowest BCUT2D eigenvalue weighted by molar-refractivity contribution is 0.150. The summed E-state index contributed by atoms with van der Waals surface area (Å²) in [5.74, 6) is 0. The van der Waals surface area contributed by atoms with Crippen molar-refractivity contribution in [1.82, 2.24) is 30.3 Å². The molecule has 2 fully saturated rings. The Morgan fingerprint density at radius 1 is 1.03 bits per heavy atom. The van der Waals surface area contributed by atoms with Crippen molar-refractivity contribution < 1.29 is 0 Å². The molecule has 0 amide bonds. The summed E-state index contributed by atoms with van der Waals surface area (Å²) < 4.78 is 0. The molecule has 0 atom stereocenters. The summed E-state index contributed by atoms with van der Waals surface area (Å²) in [7, 11) is 0. The van der Waals surface area contributed by atoms with Crippen LogP contribution >= 0.6 is 0 Å². The van der Waals surface area contributed by atoms with Gasteiger partial charge in [0.05, 0.1) is 11.2 Å². The monoisotopic (exact) mass is 472 g/mol. The van der Waals surface area contributed by atoms with Gasteiger partial charge in [0.25, 0.3) is 0 Å². The lowest BCUT2D eigenvalue weighted by Gasteiger charge is -2.36. The summed E-state index contributed by atoms with van der Waals surface area (Å²) in [5, 5.41) is 12.6. The molecule has 2 aliphatic rings. The molecule has 0 bridgehead atoms. The van der Waals surface area contributed by atoms with Gasteiger partial charge in [-0.15, -0.1) is 0 Å². The zero-order valence-corrected chi connectivity index (χ0v) is 21.6. The van der Waals surface area contributed by atoms with Crippen molar-refractivity contribution in [3.8, 4) is 11.1 Å². The molecule has 1 aromatic carbocycles. The van der Waals surface area contributed by atoms with Gasteiger partial charge in [-0.3, -0.25) is 15.0 Å². The van der Waals surface area contributed by atoms with E-state index in [1.807, 2.05) is 12.4 Å². The molecule has 0 radical (unpaired) electrons. The number of H-pyrrole nitrogens is 1. The molecule has 0 aliphatic carbocycles. The van der Waals surface area contributed by atoms with Crippen LogP contribution in [0.3, 0.4) is 0 Å². The van der Waals surface area contributed by atoms with Gasteiger partial charge in [-0.05, 0) is 73.5 Å². The van der Waals surface area contributed by atoms with Crippen LogP contribution in [-0.4, -0.2) is 63.7 Å². The zero-order valence-electron chi connectivity index (χ0n) is 21.6. The van der Waals surface area contributed by atoms with E-state index in [9.17, 15) is 0 Å². The lowest BCUT2D eigenvalue weighted by Crippen LogP contribution is -2.44. The Kier molecular flexibility index (Phi) is 6.94. The van der Waals surface area contributed by atoms with Crippen LogP contribution in [0, 0.1) is 5.41 Å². The Hall–Kier alpha value is -2.70. The van der Waals surface area contributed by atoms with Gasteiger partial charge >= 0.3 is 0 Å². The SMILES string of the molecule is C=C(NC1CCN(CC(C)(C)C)CC1)c1n[nH]c2ccc(-c3cncc(CN4CCCC4)c3)cc12. The highest BCUT2D eigenvalue weighted by molar-refractivity contribution is 5.92. The van der Waals surface area contributed by atoms with Crippen molar-refractivity contribution in [2.75, 3.05) is 32.7 Å². The van der Waals surface area contributed by atoms with Crippen molar-refractivity contribution in [3.05, 3.63) is 54.5 Å². The minimum atomic E-state index is 0.346. The van der Waals surface area contributed by atoms with Gasteiger partial charge in [-0.2, -0.15) is 5.10 Å². The molecule has 2 aliphatic heterocycles. The van der Waals surface area contributed by atoms with E-state index < -0.39 is 0 Å². The fraction of sp³-hybridized carbons (Fsp3) is 0.517. The highest BCUT2D eigenvalue weighted by Crippen LogP contribution is 2.29. The van der Waals surface area contributed by atoms with Crippen LogP contribution in [0.5, 0.6) is 0 Å². The minimum Gasteiger partial charge on any atom is -0.381 e. The number of aromatic amines is 1. The first-order chi connectivity index (χ1) is 16.8. The normalized spacial score (nSPS) is 18.4. The smallest absolute Gasteiger partial charge is 0.115 e. The zero-order chi connectivity index (χ0) is 24.4. The Morgan fingerprint density at radius 3 is 2.54 bits per heavy atom. The highest BCUT2D eigenvalue weighted by Gasteiger charge is 2.24. The van der Waals surface area contributed by atoms with E-state index in [2.05, 4.69) is 81.9 Å². The largest absolute Gasteiger partial charge is 0.381 e. The summed E-state index contributed by atoms with van der Waals surface area (Å²) in [6.07, 6.45) is 8.85. The van der Waals surface area contributed by atoms with Gasteiger partial charge in [0.1, 0.15) is 5.69 Å². The third kappa shape index (κ3) is 5.93.